The molecule has 2 aromatic rings. The molecule has 1 aliphatic rings. The second-order valence-electron chi connectivity index (χ2n) is 6.05. The molecule has 1 aromatic carbocycles. The Bertz CT molecular complexity index is 729. The topological polar surface area (TPSA) is 80.7 Å². The molecule has 0 spiro atoms. The maximum absolute atomic E-state index is 12.6. The maximum Gasteiger partial charge on any atom is 0.263 e. The van der Waals surface area contributed by atoms with Gasteiger partial charge in [-0.15, -0.1) is 11.3 Å². The second kappa shape index (κ2) is 7.95. The molecule has 0 saturated carbocycles. The third-order valence-corrected chi connectivity index (χ3v) is 5.20. The number of aliphatic hydroxyl groups excluding tert-OH is 1. The van der Waals surface area contributed by atoms with Gasteiger partial charge in [0.15, 0.2) is 0 Å². The Labute approximate surface area is 150 Å². The van der Waals surface area contributed by atoms with Crippen LogP contribution in [0.5, 0.6) is 5.75 Å². The standard InChI is InChI=1S/C18H22N2O4S/c1-11-17(25-12(2)19-11)18(22)20-15-7-8-23-10-16(15)24-14-5-3-13(9-21)4-6-14/h3-6,15-16,21H,7-10H2,1-2H3,(H,20,22)/t15-,16-/m1/s1. The van der Waals surface area contributed by atoms with E-state index >= 15 is 0 Å². The van der Waals surface area contributed by atoms with Gasteiger partial charge in [-0.05, 0) is 38.0 Å². The number of amides is 1. The Balaban J connectivity index is 1.67. The number of nitrogens with one attached hydrogen (secondary N) is 1. The SMILES string of the molecule is Cc1nc(C)c(C(=O)N[C@@H]2CCOC[C@H]2Oc2ccc(CO)cc2)s1. The fraction of sp³-hybridized carbons (Fsp3) is 0.444. The third-order valence-electron chi connectivity index (χ3n) is 4.12. The molecule has 1 aromatic heterocycles. The van der Waals surface area contributed by atoms with Crippen molar-refractivity contribution in [3.05, 3.63) is 45.4 Å². The van der Waals surface area contributed by atoms with E-state index in [0.717, 1.165) is 16.3 Å². The first-order valence-corrected chi connectivity index (χ1v) is 9.07. The normalized spacial score (nSPS) is 20.3. The number of carbonyl (C=O) groups is 1. The molecule has 3 rings (SSSR count). The Morgan fingerprint density at radius 2 is 2.16 bits per heavy atom. The lowest BCUT2D eigenvalue weighted by molar-refractivity contribution is -0.0134. The number of hydrogen-bond acceptors (Lipinski definition) is 6. The summed E-state index contributed by atoms with van der Waals surface area (Å²) in [5, 5.41) is 13.1. The Morgan fingerprint density at radius 3 is 2.80 bits per heavy atom. The second-order valence-corrected chi connectivity index (χ2v) is 7.25. The molecule has 2 atom stereocenters. The summed E-state index contributed by atoms with van der Waals surface area (Å²) in [5.41, 5.74) is 1.58. The molecule has 6 nitrogen and oxygen atoms in total. The van der Waals surface area contributed by atoms with Gasteiger partial charge in [0.2, 0.25) is 0 Å². The first-order chi connectivity index (χ1) is 12.1. The Hall–Kier alpha value is -1.96. The Kier molecular flexibility index (Phi) is 5.67. The maximum atomic E-state index is 12.6. The summed E-state index contributed by atoms with van der Waals surface area (Å²) in [6, 6.07) is 7.14. The highest BCUT2D eigenvalue weighted by molar-refractivity contribution is 7.13. The minimum absolute atomic E-state index is 0.000874. The molecule has 0 aliphatic carbocycles. The van der Waals surface area contributed by atoms with E-state index in [2.05, 4.69) is 10.3 Å². The highest BCUT2D eigenvalue weighted by atomic mass is 32.1. The van der Waals surface area contributed by atoms with E-state index < -0.39 is 0 Å². The van der Waals surface area contributed by atoms with Crippen LogP contribution in [0.3, 0.4) is 0 Å². The number of benzene rings is 1. The van der Waals surface area contributed by atoms with Crippen molar-refractivity contribution >= 4 is 17.2 Å². The summed E-state index contributed by atoms with van der Waals surface area (Å²) in [5.74, 6) is 0.580. The quantitative estimate of drug-likeness (QED) is 0.852. The molecular formula is C18H22N2O4S. The molecule has 134 valence electrons. The minimum Gasteiger partial charge on any atom is -0.486 e. The lowest BCUT2D eigenvalue weighted by atomic mass is 10.1. The summed E-state index contributed by atoms with van der Waals surface area (Å²) in [7, 11) is 0. The van der Waals surface area contributed by atoms with Gasteiger partial charge >= 0.3 is 0 Å². The molecule has 0 radical (unpaired) electrons. The molecule has 1 amide bonds. The van der Waals surface area contributed by atoms with Crippen molar-refractivity contribution in [2.75, 3.05) is 13.2 Å². The molecule has 0 bridgehead atoms. The Morgan fingerprint density at radius 1 is 1.40 bits per heavy atom. The summed E-state index contributed by atoms with van der Waals surface area (Å²) >= 11 is 1.40. The molecule has 1 saturated heterocycles. The van der Waals surface area contributed by atoms with Crippen LogP contribution in [0.4, 0.5) is 0 Å². The van der Waals surface area contributed by atoms with Crippen LogP contribution in [0.25, 0.3) is 0 Å². The van der Waals surface area contributed by atoms with Gasteiger partial charge in [0.05, 0.1) is 30.0 Å². The first kappa shape index (κ1) is 17.8. The van der Waals surface area contributed by atoms with Crippen LogP contribution in [0.15, 0.2) is 24.3 Å². The van der Waals surface area contributed by atoms with Crippen LogP contribution >= 0.6 is 11.3 Å². The van der Waals surface area contributed by atoms with Gasteiger partial charge in [-0.25, -0.2) is 4.98 Å². The lowest BCUT2D eigenvalue weighted by Gasteiger charge is -2.32. The van der Waals surface area contributed by atoms with Crippen molar-refractivity contribution in [3.63, 3.8) is 0 Å². The lowest BCUT2D eigenvalue weighted by Crippen LogP contribution is -2.51. The van der Waals surface area contributed by atoms with Gasteiger partial charge < -0.3 is 19.9 Å². The predicted octanol–water partition coefficient (Wildman–Crippen LogP) is 2.22. The molecule has 0 unspecified atom stereocenters. The van der Waals surface area contributed by atoms with Crippen molar-refractivity contribution in [2.24, 2.45) is 0 Å². The van der Waals surface area contributed by atoms with Crippen LogP contribution in [-0.2, 0) is 11.3 Å². The van der Waals surface area contributed by atoms with Crippen LogP contribution in [0, 0.1) is 13.8 Å². The van der Waals surface area contributed by atoms with Gasteiger partial charge in [0.25, 0.3) is 5.91 Å². The average Bonchev–Trinajstić information content (AvgIpc) is 2.96. The molecular weight excluding hydrogens is 340 g/mol. The largest absolute Gasteiger partial charge is 0.486 e. The van der Waals surface area contributed by atoms with Crippen LogP contribution in [0.2, 0.25) is 0 Å². The van der Waals surface area contributed by atoms with Crippen molar-refractivity contribution in [3.8, 4) is 5.75 Å². The molecule has 1 aliphatic heterocycles. The van der Waals surface area contributed by atoms with Crippen molar-refractivity contribution < 1.29 is 19.4 Å². The number of aromatic nitrogens is 1. The van der Waals surface area contributed by atoms with Crippen LogP contribution < -0.4 is 10.1 Å². The molecule has 2 N–H and O–H groups in total. The predicted molar refractivity (Wildman–Crippen MR) is 95.1 cm³/mol. The number of hydrogen-bond donors (Lipinski definition) is 2. The number of ether oxygens (including phenoxy) is 2. The molecule has 1 fully saturated rings. The number of nitrogens with zero attached hydrogens (tertiary/aromatic N) is 1. The fourth-order valence-corrected chi connectivity index (χ4v) is 3.64. The van der Waals surface area contributed by atoms with E-state index in [4.69, 9.17) is 14.6 Å². The monoisotopic (exact) mass is 362 g/mol. The van der Waals surface area contributed by atoms with Gasteiger partial charge in [0, 0.05) is 6.61 Å². The highest BCUT2D eigenvalue weighted by Crippen LogP contribution is 2.21. The summed E-state index contributed by atoms with van der Waals surface area (Å²) in [4.78, 5) is 17.5. The number of aryl methyl sites for hydroxylation is 2. The average molecular weight is 362 g/mol. The first-order valence-electron chi connectivity index (χ1n) is 8.26. The van der Waals surface area contributed by atoms with E-state index in [9.17, 15) is 4.79 Å². The van der Waals surface area contributed by atoms with E-state index in [-0.39, 0.29) is 24.7 Å². The minimum atomic E-state index is -0.257. The van der Waals surface area contributed by atoms with E-state index in [1.54, 1.807) is 0 Å². The van der Waals surface area contributed by atoms with E-state index in [1.165, 1.54) is 11.3 Å². The van der Waals surface area contributed by atoms with Crippen molar-refractivity contribution in [1.29, 1.82) is 0 Å². The van der Waals surface area contributed by atoms with Crippen molar-refractivity contribution in [1.82, 2.24) is 10.3 Å². The van der Waals surface area contributed by atoms with Crippen LogP contribution in [0.1, 0.15) is 32.4 Å². The summed E-state index contributed by atoms with van der Waals surface area (Å²) in [6.07, 6.45) is 0.439. The number of carbonyl (C=O) groups excluding carboxylic acids is 1. The van der Waals surface area contributed by atoms with E-state index in [1.807, 2.05) is 38.1 Å². The third kappa shape index (κ3) is 4.36. The van der Waals surface area contributed by atoms with Gasteiger partial charge in [0.1, 0.15) is 16.7 Å². The van der Waals surface area contributed by atoms with Gasteiger partial charge in [-0.3, -0.25) is 4.79 Å². The highest BCUT2D eigenvalue weighted by Gasteiger charge is 2.30. The van der Waals surface area contributed by atoms with Crippen molar-refractivity contribution in [2.45, 2.75) is 39.0 Å². The molecule has 25 heavy (non-hydrogen) atoms. The zero-order chi connectivity index (χ0) is 17.8. The van der Waals surface area contributed by atoms with Gasteiger partial charge in [-0.2, -0.15) is 0 Å². The summed E-state index contributed by atoms with van der Waals surface area (Å²) in [6.45, 7) is 4.76. The number of thiazole rings is 1. The zero-order valence-corrected chi connectivity index (χ0v) is 15.1. The smallest absolute Gasteiger partial charge is 0.263 e. The number of rotatable bonds is 5. The van der Waals surface area contributed by atoms with Crippen LogP contribution in [-0.4, -0.2) is 41.4 Å². The van der Waals surface area contributed by atoms with E-state index in [0.29, 0.717) is 30.3 Å². The number of aliphatic hydroxyl groups is 1. The molecule has 7 heteroatoms. The summed E-state index contributed by atoms with van der Waals surface area (Å²) < 4.78 is 11.5. The molecule has 2 heterocycles. The van der Waals surface area contributed by atoms with Gasteiger partial charge in [-0.1, -0.05) is 12.1 Å². The fourth-order valence-electron chi connectivity index (χ4n) is 2.82. The zero-order valence-electron chi connectivity index (χ0n) is 14.3.